The largest absolute Gasteiger partial charge is 0.481 e. The van der Waals surface area contributed by atoms with Crippen molar-refractivity contribution in [3.8, 4) is 0 Å². The van der Waals surface area contributed by atoms with Crippen LogP contribution in [0.3, 0.4) is 0 Å². The summed E-state index contributed by atoms with van der Waals surface area (Å²) in [6, 6.07) is 0. The smallest absolute Gasteiger partial charge is 0.303 e. The molecule has 196 valence electrons. The molecule has 4 fully saturated rings. The molecule has 0 saturated heterocycles. The van der Waals surface area contributed by atoms with Crippen molar-refractivity contribution < 1.29 is 34.5 Å². The predicted molar refractivity (Wildman–Crippen MR) is 121 cm³/mol. The third kappa shape index (κ3) is 4.35. The maximum absolute atomic E-state index is 13.6. The van der Waals surface area contributed by atoms with Gasteiger partial charge in [-0.3, -0.25) is 9.59 Å². The first-order chi connectivity index (χ1) is 16.4. The van der Waals surface area contributed by atoms with Gasteiger partial charge >= 0.3 is 5.97 Å². The zero-order valence-corrected chi connectivity index (χ0v) is 20.6. The molecule has 0 aromatic rings. The molecule has 35 heavy (non-hydrogen) atoms. The van der Waals surface area contributed by atoms with Gasteiger partial charge in [0, 0.05) is 24.2 Å². The van der Waals surface area contributed by atoms with Gasteiger partial charge in [-0.2, -0.15) is 0 Å². The first kappa shape index (κ1) is 25.6. The Bertz CT molecular complexity index is 896. The zero-order chi connectivity index (χ0) is 25.7. The van der Waals surface area contributed by atoms with E-state index < -0.39 is 33.8 Å². The van der Waals surface area contributed by atoms with E-state index in [4.69, 9.17) is 14.8 Å². The van der Waals surface area contributed by atoms with Gasteiger partial charge in [0.15, 0.2) is 0 Å². The van der Waals surface area contributed by atoms with E-state index in [1.807, 2.05) is 13.8 Å². The second kappa shape index (κ2) is 9.20. The van der Waals surface area contributed by atoms with E-state index in [0.29, 0.717) is 38.5 Å². The van der Waals surface area contributed by atoms with E-state index in [1.165, 1.54) is 0 Å². The van der Waals surface area contributed by atoms with Crippen LogP contribution >= 0.6 is 0 Å². The van der Waals surface area contributed by atoms with Crippen LogP contribution < -0.4 is 0 Å². The van der Waals surface area contributed by atoms with E-state index >= 15 is 0 Å². The first-order valence-electron chi connectivity index (χ1n) is 12.7. The molecule has 0 amide bonds. The number of hydrogen-bond acceptors (Lipinski definition) is 8. The molecular formula is C24H36N2O9. The summed E-state index contributed by atoms with van der Waals surface area (Å²) in [5.41, 5.74) is -0.876. The van der Waals surface area contributed by atoms with E-state index in [9.17, 15) is 29.8 Å². The molecule has 4 aliphatic carbocycles. The summed E-state index contributed by atoms with van der Waals surface area (Å²) >= 11 is 0. The monoisotopic (exact) mass is 496 g/mol. The summed E-state index contributed by atoms with van der Waals surface area (Å²) in [6.07, 6.45) is 3.21. The normalized spacial score (nSPS) is 43.3. The minimum Gasteiger partial charge on any atom is -0.481 e. The van der Waals surface area contributed by atoms with Crippen LogP contribution in [0.5, 0.6) is 0 Å². The summed E-state index contributed by atoms with van der Waals surface area (Å²) in [6.45, 7) is 6.16. The Hall–Kier alpha value is -2.46. The molecule has 0 aromatic carbocycles. The quantitative estimate of drug-likeness (QED) is 0.385. The number of ketones is 1. The molecule has 0 radical (unpaired) electrons. The second-order valence-electron chi connectivity index (χ2n) is 11.9. The maximum Gasteiger partial charge on any atom is 0.303 e. The van der Waals surface area contributed by atoms with E-state index in [0.717, 1.165) is 12.8 Å². The SMILES string of the molecule is C[C@H](CCC(=O)O)[C@H]1CC[C@H]2[C@@H]3C(=O)C[C@@H]4C[C@H](O[N+](=O)[O-])CC[C@]4(C)[C@H]3C[C@H](O[N+](=O)[O-])[C@]12C. The Labute approximate surface area is 204 Å². The van der Waals surface area contributed by atoms with Crippen molar-refractivity contribution in [2.75, 3.05) is 0 Å². The van der Waals surface area contributed by atoms with Crippen molar-refractivity contribution in [3.63, 3.8) is 0 Å². The number of carboxylic acid groups (broad SMARTS) is 1. The van der Waals surface area contributed by atoms with Crippen LogP contribution in [-0.4, -0.2) is 39.2 Å². The van der Waals surface area contributed by atoms with Gasteiger partial charge in [0.25, 0.3) is 10.2 Å². The van der Waals surface area contributed by atoms with Gasteiger partial charge < -0.3 is 14.8 Å². The highest BCUT2D eigenvalue weighted by Crippen LogP contribution is 2.68. The van der Waals surface area contributed by atoms with Crippen molar-refractivity contribution in [3.05, 3.63) is 20.2 Å². The number of carbonyl (C=O) groups is 2. The van der Waals surface area contributed by atoms with Gasteiger partial charge in [0.2, 0.25) is 0 Å². The fourth-order valence-electron chi connectivity index (χ4n) is 8.83. The molecular weight excluding hydrogens is 460 g/mol. The Morgan fingerprint density at radius 2 is 1.80 bits per heavy atom. The van der Waals surface area contributed by atoms with E-state index in [1.54, 1.807) is 0 Å². The molecule has 0 aromatic heterocycles. The van der Waals surface area contributed by atoms with Crippen LogP contribution in [0.1, 0.15) is 78.6 Å². The molecule has 1 N–H and O–H groups in total. The summed E-state index contributed by atoms with van der Waals surface area (Å²) in [5, 5.41) is 30.1. The van der Waals surface area contributed by atoms with Gasteiger partial charge in [-0.1, -0.05) is 20.8 Å². The Morgan fingerprint density at radius 1 is 1.11 bits per heavy atom. The number of hydrogen-bond donors (Lipinski definition) is 1. The number of carboxylic acids is 1. The Balaban J connectivity index is 1.65. The average molecular weight is 497 g/mol. The van der Waals surface area contributed by atoms with Gasteiger partial charge in [-0.15, -0.1) is 20.2 Å². The van der Waals surface area contributed by atoms with Crippen LogP contribution in [0.4, 0.5) is 0 Å². The van der Waals surface area contributed by atoms with Crippen molar-refractivity contribution in [2.24, 2.45) is 46.3 Å². The highest BCUT2D eigenvalue weighted by Gasteiger charge is 2.67. The number of nitrogens with zero attached hydrogens (tertiary/aromatic N) is 2. The van der Waals surface area contributed by atoms with Crippen LogP contribution in [0, 0.1) is 66.6 Å². The number of carbonyl (C=O) groups excluding carboxylic acids is 1. The molecule has 0 unspecified atom stereocenters. The molecule has 0 spiro atoms. The summed E-state index contributed by atoms with van der Waals surface area (Å²) < 4.78 is 0. The molecule has 0 bridgehead atoms. The minimum absolute atomic E-state index is 0.0281. The van der Waals surface area contributed by atoms with Crippen LogP contribution in [0.25, 0.3) is 0 Å². The summed E-state index contributed by atoms with van der Waals surface area (Å²) in [4.78, 5) is 57.5. The number of rotatable bonds is 8. The zero-order valence-electron chi connectivity index (χ0n) is 20.6. The van der Waals surface area contributed by atoms with Crippen molar-refractivity contribution in [1.29, 1.82) is 0 Å². The summed E-state index contributed by atoms with van der Waals surface area (Å²) in [7, 11) is 0. The van der Waals surface area contributed by atoms with Gasteiger partial charge in [0.05, 0.1) is 0 Å². The lowest BCUT2D eigenvalue weighted by Gasteiger charge is -2.61. The van der Waals surface area contributed by atoms with Crippen LogP contribution in [0.15, 0.2) is 0 Å². The van der Waals surface area contributed by atoms with E-state index in [-0.39, 0.29) is 53.1 Å². The van der Waals surface area contributed by atoms with E-state index in [2.05, 4.69) is 6.92 Å². The molecule has 0 heterocycles. The third-order valence-electron chi connectivity index (χ3n) is 10.5. The number of Topliss-reactive ketones (excluding diaryl/α,β-unsaturated/α-hetero) is 1. The predicted octanol–water partition coefficient (Wildman–Crippen LogP) is 4.09. The van der Waals surface area contributed by atoms with Crippen LogP contribution in [0.2, 0.25) is 0 Å². The minimum atomic E-state index is -0.864. The Kier molecular flexibility index (Phi) is 6.74. The maximum atomic E-state index is 13.6. The molecule has 4 aliphatic rings. The van der Waals surface area contributed by atoms with Crippen molar-refractivity contribution in [1.82, 2.24) is 0 Å². The molecule has 4 saturated carbocycles. The molecule has 11 heteroatoms. The second-order valence-corrected chi connectivity index (χ2v) is 11.9. The lowest BCUT2D eigenvalue weighted by atomic mass is 9.43. The highest BCUT2D eigenvalue weighted by atomic mass is 17.0. The van der Waals surface area contributed by atoms with Crippen molar-refractivity contribution >= 4 is 11.8 Å². The molecule has 4 rings (SSSR count). The van der Waals surface area contributed by atoms with Gasteiger partial charge in [-0.05, 0) is 80.0 Å². The topological polar surface area (TPSA) is 159 Å². The fraction of sp³-hybridized carbons (Fsp3) is 0.917. The van der Waals surface area contributed by atoms with Crippen molar-refractivity contribution in [2.45, 2.75) is 90.8 Å². The average Bonchev–Trinajstić information content (AvgIpc) is 3.11. The molecule has 0 aliphatic heterocycles. The molecule has 11 nitrogen and oxygen atoms in total. The van der Waals surface area contributed by atoms with Crippen LogP contribution in [-0.2, 0) is 19.3 Å². The third-order valence-corrected chi connectivity index (χ3v) is 10.5. The lowest BCUT2D eigenvalue weighted by molar-refractivity contribution is -0.775. The standard InChI is InChI=1S/C24H36N2O9/c1-13(4-7-21(28)29)16-5-6-17-22-18(12-20(24(16,17)3)35-26(32)33)23(2)9-8-15(34-25(30)31)10-14(23)11-19(22)27/h13-18,20,22H,4-12H2,1-3H3,(H,28,29)/t13-,14+,15-,16-,17+,18+,20+,22+,23+,24-/m1/s1. The number of fused-ring (bicyclic) bond motifs is 5. The number of aliphatic carboxylic acids is 1. The fourth-order valence-corrected chi connectivity index (χ4v) is 8.83. The Morgan fingerprint density at radius 3 is 2.43 bits per heavy atom. The highest BCUT2D eigenvalue weighted by molar-refractivity contribution is 5.83. The first-order valence-corrected chi connectivity index (χ1v) is 12.7. The van der Waals surface area contributed by atoms with Gasteiger partial charge in [-0.25, -0.2) is 0 Å². The summed E-state index contributed by atoms with van der Waals surface area (Å²) in [5.74, 6) is -1.11. The molecule has 10 atom stereocenters. The lowest BCUT2D eigenvalue weighted by Crippen LogP contribution is -2.62. The van der Waals surface area contributed by atoms with Gasteiger partial charge in [0.1, 0.15) is 18.0 Å².